The summed E-state index contributed by atoms with van der Waals surface area (Å²) in [4.78, 5) is 20.2. The second-order valence-corrected chi connectivity index (χ2v) is 6.86. The van der Waals surface area contributed by atoms with E-state index in [1.54, 1.807) is 12.3 Å². The van der Waals surface area contributed by atoms with Gasteiger partial charge in [-0.15, -0.1) is 0 Å². The molecule has 138 valence electrons. The lowest BCUT2D eigenvalue weighted by atomic mass is 10.1. The minimum absolute atomic E-state index is 0.151. The summed E-state index contributed by atoms with van der Waals surface area (Å²) in [5.41, 5.74) is 7.24. The molecule has 9 heteroatoms. The Labute approximate surface area is 168 Å². The van der Waals surface area contributed by atoms with Gasteiger partial charge in [-0.05, 0) is 40.9 Å². The van der Waals surface area contributed by atoms with Crippen LogP contribution in [0.1, 0.15) is 18.1 Å². The third kappa shape index (κ3) is 3.61. The molecule has 7 nitrogen and oxygen atoms in total. The number of nitrogen functional groups attached to an aromatic ring is 1. The van der Waals surface area contributed by atoms with Gasteiger partial charge in [-0.2, -0.15) is 5.26 Å². The summed E-state index contributed by atoms with van der Waals surface area (Å²) in [5.74, 6) is 0.733. The molecule has 0 aliphatic carbocycles. The van der Waals surface area contributed by atoms with E-state index in [1.165, 1.54) is 12.4 Å². The smallest absolute Gasteiger partial charge is 0.194 e. The summed E-state index contributed by atoms with van der Waals surface area (Å²) < 4.78 is 8.07. The fraction of sp³-hybridized carbons (Fsp3) is 0.222. The number of aromatic nitrogens is 3. The van der Waals surface area contributed by atoms with E-state index in [-0.39, 0.29) is 11.2 Å². The van der Waals surface area contributed by atoms with Crippen LogP contribution in [-0.2, 0) is 13.0 Å². The van der Waals surface area contributed by atoms with Crippen LogP contribution in [0, 0.1) is 11.3 Å². The van der Waals surface area contributed by atoms with E-state index in [1.807, 2.05) is 11.5 Å². The summed E-state index contributed by atoms with van der Waals surface area (Å²) in [6.07, 6.45) is 3.54. The number of nitriles is 1. The van der Waals surface area contributed by atoms with Gasteiger partial charge in [0.2, 0.25) is 0 Å². The third-order valence-electron chi connectivity index (χ3n) is 4.05. The number of rotatable bonds is 5. The number of anilines is 1. The number of pyridine rings is 1. The number of nitrogens with two attached hydrogens (primary N) is 1. The monoisotopic (exact) mass is 447 g/mol. The highest BCUT2D eigenvalue weighted by Crippen LogP contribution is 2.37. The zero-order chi connectivity index (χ0) is 19.6. The first kappa shape index (κ1) is 19.1. The molecule has 2 heterocycles. The minimum atomic E-state index is -0.224. The second-order valence-electron chi connectivity index (χ2n) is 5.66. The van der Waals surface area contributed by atoms with Crippen molar-refractivity contribution in [3.63, 3.8) is 0 Å². The lowest BCUT2D eigenvalue weighted by Gasteiger charge is -2.16. The van der Waals surface area contributed by atoms with E-state index in [0.29, 0.717) is 51.4 Å². The fourth-order valence-corrected chi connectivity index (χ4v) is 3.87. The van der Waals surface area contributed by atoms with Crippen molar-refractivity contribution >= 4 is 44.4 Å². The van der Waals surface area contributed by atoms with Gasteiger partial charge in [-0.1, -0.05) is 11.6 Å². The molecule has 1 aromatic carbocycles. The number of fused-ring (bicyclic) bond motifs is 1. The van der Waals surface area contributed by atoms with Crippen LogP contribution in [-0.4, -0.2) is 21.1 Å². The normalized spacial score (nSPS) is 10.7. The maximum Gasteiger partial charge on any atom is 0.194 e. The molecule has 0 fully saturated rings. The Morgan fingerprint density at radius 3 is 2.93 bits per heavy atom. The maximum atomic E-state index is 12.1. The van der Waals surface area contributed by atoms with Gasteiger partial charge in [0.15, 0.2) is 5.43 Å². The fourth-order valence-electron chi connectivity index (χ4n) is 2.82. The van der Waals surface area contributed by atoms with Gasteiger partial charge in [0.05, 0.1) is 21.7 Å². The molecular weight excluding hydrogens is 434 g/mol. The lowest BCUT2D eigenvalue weighted by Crippen LogP contribution is -2.13. The number of hydrogen-bond acceptors (Lipinski definition) is 6. The first-order valence-corrected chi connectivity index (χ1v) is 9.28. The molecule has 0 radical (unpaired) electrons. The Kier molecular flexibility index (Phi) is 5.63. The van der Waals surface area contributed by atoms with E-state index in [0.717, 1.165) is 5.56 Å². The van der Waals surface area contributed by atoms with E-state index in [9.17, 15) is 10.1 Å². The molecule has 0 amide bonds. The van der Waals surface area contributed by atoms with E-state index < -0.39 is 0 Å². The van der Waals surface area contributed by atoms with Crippen molar-refractivity contribution in [3.8, 4) is 11.8 Å². The largest absolute Gasteiger partial charge is 0.492 e. The van der Waals surface area contributed by atoms with Crippen molar-refractivity contribution in [3.05, 3.63) is 55.5 Å². The van der Waals surface area contributed by atoms with Gasteiger partial charge >= 0.3 is 0 Å². The average molecular weight is 449 g/mol. The number of halogens is 2. The van der Waals surface area contributed by atoms with E-state index >= 15 is 0 Å². The van der Waals surface area contributed by atoms with Crippen LogP contribution in [0.25, 0.3) is 11.0 Å². The topological polar surface area (TPSA) is 107 Å². The average Bonchev–Trinajstić information content (AvgIpc) is 2.64. The van der Waals surface area contributed by atoms with Crippen molar-refractivity contribution in [2.24, 2.45) is 0 Å². The number of ether oxygens (including phenoxy) is 1. The van der Waals surface area contributed by atoms with Gasteiger partial charge in [0.1, 0.15) is 35.0 Å². The zero-order valence-corrected chi connectivity index (χ0v) is 16.7. The molecule has 0 spiro atoms. The third-order valence-corrected chi connectivity index (χ3v) is 5.11. The first-order chi connectivity index (χ1) is 13.0. The highest BCUT2D eigenvalue weighted by molar-refractivity contribution is 9.10. The van der Waals surface area contributed by atoms with Crippen LogP contribution in [0.4, 0.5) is 5.82 Å². The summed E-state index contributed by atoms with van der Waals surface area (Å²) in [6, 6.07) is 5.23. The molecule has 0 atom stereocenters. The summed E-state index contributed by atoms with van der Waals surface area (Å²) >= 11 is 9.64. The Balaban J connectivity index is 2.02. The van der Waals surface area contributed by atoms with Crippen molar-refractivity contribution < 1.29 is 4.74 Å². The van der Waals surface area contributed by atoms with E-state index in [4.69, 9.17) is 22.1 Å². The standard InChI is InChI=1S/C18H15BrClN5O2/c1-2-27-16-10(7-12(20)11(8-21)15(16)19)3-5-25-6-4-13(26)14-17(22)23-9-24-18(14)25/h4,6-7,9H,2-3,5H2,1H3,(H2,22,23,24). The van der Waals surface area contributed by atoms with Crippen LogP contribution in [0.2, 0.25) is 5.02 Å². The summed E-state index contributed by atoms with van der Waals surface area (Å²) in [5, 5.41) is 9.92. The van der Waals surface area contributed by atoms with E-state index in [2.05, 4.69) is 32.0 Å². The number of hydrogen-bond donors (Lipinski definition) is 1. The Morgan fingerprint density at radius 2 is 2.22 bits per heavy atom. The Bertz CT molecular complexity index is 1120. The van der Waals surface area contributed by atoms with Crippen molar-refractivity contribution in [1.29, 1.82) is 5.26 Å². The molecule has 0 aliphatic heterocycles. The van der Waals surface area contributed by atoms with Gasteiger partial charge in [0.25, 0.3) is 0 Å². The van der Waals surface area contributed by atoms with Gasteiger partial charge in [-0.25, -0.2) is 9.97 Å². The molecular formula is C18H15BrClN5O2. The summed E-state index contributed by atoms with van der Waals surface area (Å²) in [6.45, 7) is 2.82. The first-order valence-electron chi connectivity index (χ1n) is 8.11. The minimum Gasteiger partial charge on any atom is -0.492 e. The number of benzene rings is 1. The quantitative estimate of drug-likeness (QED) is 0.642. The van der Waals surface area contributed by atoms with Crippen molar-refractivity contribution in [2.75, 3.05) is 12.3 Å². The van der Waals surface area contributed by atoms with Crippen LogP contribution < -0.4 is 15.9 Å². The van der Waals surface area contributed by atoms with Crippen LogP contribution in [0.15, 0.2) is 33.9 Å². The zero-order valence-electron chi connectivity index (χ0n) is 14.4. The van der Waals surface area contributed by atoms with Crippen LogP contribution in [0.3, 0.4) is 0 Å². The molecule has 0 aliphatic rings. The molecule has 27 heavy (non-hydrogen) atoms. The molecule has 3 rings (SSSR count). The Morgan fingerprint density at radius 1 is 1.44 bits per heavy atom. The van der Waals surface area contributed by atoms with Gasteiger partial charge < -0.3 is 15.0 Å². The molecule has 0 saturated carbocycles. The predicted octanol–water partition coefficient (Wildman–Crippen LogP) is 3.30. The Hall–Kier alpha value is -2.63. The molecule has 0 saturated heterocycles. The molecule has 0 unspecified atom stereocenters. The van der Waals surface area contributed by atoms with Crippen molar-refractivity contribution in [2.45, 2.75) is 19.9 Å². The summed E-state index contributed by atoms with van der Waals surface area (Å²) in [7, 11) is 0. The molecule has 0 bridgehead atoms. The highest BCUT2D eigenvalue weighted by Gasteiger charge is 2.17. The van der Waals surface area contributed by atoms with Gasteiger partial charge in [-0.3, -0.25) is 4.79 Å². The number of aryl methyl sites for hydroxylation is 2. The SMILES string of the molecule is CCOc1c(CCn2ccc(=O)c3c(N)ncnc32)cc(Cl)c(C#N)c1Br. The van der Waals surface area contributed by atoms with Crippen LogP contribution >= 0.6 is 27.5 Å². The van der Waals surface area contributed by atoms with Crippen LogP contribution in [0.5, 0.6) is 5.75 Å². The molecule has 2 aromatic heterocycles. The van der Waals surface area contributed by atoms with Crippen molar-refractivity contribution in [1.82, 2.24) is 14.5 Å². The number of nitrogens with zero attached hydrogens (tertiary/aromatic N) is 4. The maximum absolute atomic E-state index is 12.1. The highest BCUT2D eigenvalue weighted by atomic mass is 79.9. The molecule has 2 N–H and O–H groups in total. The van der Waals surface area contributed by atoms with Gasteiger partial charge in [0, 0.05) is 18.8 Å². The second kappa shape index (κ2) is 7.94. The lowest BCUT2D eigenvalue weighted by molar-refractivity contribution is 0.333. The molecule has 3 aromatic rings. The predicted molar refractivity (Wildman–Crippen MR) is 107 cm³/mol.